The number of likely N-dealkylation sites (tertiary alicyclic amines) is 1. The number of aromatic nitrogens is 5. The molecule has 11 heteroatoms. The molecule has 4 heterocycles. The molecule has 2 aliphatic heterocycles. The van der Waals surface area contributed by atoms with Crippen LogP contribution in [0, 0.1) is 17.7 Å². The standard InChI is InChI=1S/C26H23FN8O2/c27-21-6-3-7-22(35-31-8-9-32-35)23(21)25(37)33-12-17-14-34(15-18(17)13-33)26-29-10-16(11-30-26)19-4-1-2-5-20(19)24(28)36/h1-11,17-18H,12-15H2,(H2,28,36). The van der Waals surface area contributed by atoms with Crippen molar-refractivity contribution >= 4 is 17.8 Å². The number of fused-ring (bicyclic) bond motifs is 1. The molecule has 2 aromatic carbocycles. The van der Waals surface area contributed by atoms with Crippen LogP contribution in [0.2, 0.25) is 0 Å². The Kier molecular flexibility index (Phi) is 5.59. The Hall–Kier alpha value is -4.67. The summed E-state index contributed by atoms with van der Waals surface area (Å²) in [7, 11) is 0. The summed E-state index contributed by atoms with van der Waals surface area (Å²) in [5.74, 6) is -0.421. The highest BCUT2D eigenvalue weighted by Gasteiger charge is 2.43. The minimum absolute atomic E-state index is 0.0225. The zero-order valence-electron chi connectivity index (χ0n) is 19.7. The highest BCUT2D eigenvalue weighted by molar-refractivity contribution is 6.00. The van der Waals surface area contributed by atoms with E-state index >= 15 is 0 Å². The van der Waals surface area contributed by atoms with E-state index in [2.05, 4.69) is 25.1 Å². The zero-order chi connectivity index (χ0) is 25.5. The lowest BCUT2D eigenvalue weighted by atomic mass is 10.0. The summed E-state index contributed by atoms with van der Waals surface area (Å²) in [5.41, 5.74) is 7.61. The number of carbonyl (C=O) groups is 2. The van der Waals surface area contributed by atoms with Gasteiger partial charge in [0.15, 0.2) is 0 Å². The fraction of sp³-hybridized carbons (Fsp3) is 0.231. The topological polar surface area (TPSA) is 123 Å². The number of rotatable bonds is 5. The van der Waals surface area contributed by atoms with Crippen LogP contribution in [-0.4, -0.2) is 67.9 Å². The van der Waals surface area contributed by atoms with E-state index in [4.69, 9.17) is 5.73 Å². The summed E-state index contributed by atoms with van der Waals surface area (Å²) in [5, 5.41) is 8.12. The van der Waals surface area contributed by atoms with Crippen LogP contribution in [0.15, 0.2) is 67.3 Å². The molecule has 2 fully saturated rings. The Morgan fingerprint density at radius 3 is 2.24 bits per heavy atom. The summed E-state index contributed by atoms with van der Waals surface area (Å²) in [6.45, 7) is 2.42. The Bertz CT molecular complexity index is 1460. The fourth-order valence-electron chi connectivity index (χ4n) is 5.28. The SMILES string of the molecule is NC(=O)c1ccccc1-c1cnc(N2CC3CN(C(=O)c4c(F)cccc4-n4nccn4)CC3C2)nc1. The number of benzene rings is 2. The van der Waals surface area contributed by atoms with Gasteiger partial charge in [-0.15, -0.1) is 0 Å². The fourth-order valence-corrected chi connectivity index (χ4v) is 5.28. The number of primary amides is 1. The molecule has 10 nitrogen and oxygen atoms in total. The number of nitrogens with zero attached hydrogens (tertiary/aromatic N) is 7. The summed E-state index contributed by atoms with van der Waals surface area (Å²) < 4.78 is 14.8. The first-order valence-electron chi connectivity index (χ1n) is 11.9. The van der Waals surface area contributed by atoms with Crippen LogP contribution in [-0.2, 0) is 0 Å². The van der Waals surface area contributed by atoms with E-state index in [1.807, 2.05) is 12.1 Å². The normalized spacial score (nSPS) is 18.7. The molecule has 0 spiro atoms. The maximum absolute atomic E-state index is 14.8. The molecule has 2 atom stereocenters. The Morgan fingerprint density at radius 2 is 1.57 bits per heavy atom. The van der Waals surface area contributed by atoms with Gasteiger partial charge in [-0.3, -0.25) is 9.59 Å². The molecule has 0 saturated carbocycles. The number of nitrogens with two attached hydrogens (primary N) is 1. The molecule has 2 N–H and O–H groups in total. The van der Waals surface area contributed by atoms with Gasteiger partial charge in [-0.05, 0) is 23.8 Å². The molecule has 2 aromatic heterocycles. The number of hydrogen-bond acceptors (Lipinski definition) is 7. The third-order valence-corrected chi connectivity index (χ3v) is 7.04. The highest BCUT2D eigenvalue weighted by atomic mass is 19.1. The van der Waals surface area contributed by atoms with Crippen molar-refractivity contribution in [1.82, 2.24) is 29.9 Å². The number of amides is 2. The monoisotopic (exact) mass is 498 g/mol. The van der Waals surface area contributed by atoms with E-state index < -0.39 is 11.7 Å². The van der Waals surface area contributed by atoms with Crippen molar-refractivity contribution in [2.75, 3.05) is 31.1 Å². The maximum Gasteiger partial charge on any atom is 0.259 e. The van der Waals surface area contributed by atoms with Crippen molar-refractivity contribution < 1.29 is 14.0 Å². The van der Waals surface area contributed by atoms with Gasteiger partial charge >= 0.3 is 0 Å². The van der Waals surface area contributed by atoms with Crippen molar-refractivity contribution in [3.05, 3.63) is 84.2 Å². The largest absolute Gasteiger partial charge is 0.366 e. The maximum atomic E-state index is 14.8. The van der Waals surface area contributed by atoms with Gasteiger partial charge in [0, 0.05) is 61.5 Å². The van der Waals surface area contributed by atoms with Gasteiger partial charge < -0.3 is 15.5 Å². The molecule has 186 valence electrons. The molecule has 37 heavy (non-hydrogen) atoms. The lowest BCUT2D eigenvalue weighted by molar-refractivity contribution is 0.0777. The predicted molar refractivity (Wildman–Crippen MR) is 132 cm³/mol. The second kappa shape index (κ2) is 9.08. The molecule has 6 rings (SSSR count). The van der Waals surface area contributed by atoms with E-state index in [1.165, 1.54) is 23.3 Å². The van der Waals surface area contributed by atoms with E-state index in [-0.39, 0.29) is 23.3 Å². The molecule has 0 bridgehead atoms. The molecular weight excluding hydrogens is 475 g/mol. The second-order valence-electron chi connectivity index (χ2n) is 9.27. The molecule has 0 radical (unpaired) electrons. The molecule has 2 unspecified atom stereocenters. The van der Waals surface area contributed by atoms with Gasteiger partial charge in [0.25, 0.3) is 5.91 Å². The number of anilines is 1. The first-order valence-corrected chi connectivity index (χ1v) is 11.9. The zero-order valence-corrected chi connectivity index (χ0v) is 19.7. The van der Waals surface area contributed by atoms with Crippen LogP contribution in [0.3, 0.4) is 0 Å². The Balaban J connectivity index is 1.16. The third kappa shape index (κ3) is 4.07. The van der Waals surface area contributed by atoms with Gasteiger partial charge in [0.1, 0.15) is 17.1 Å². The van der Waals surface area contributed by atoms with E-state index in [9.17, 15) is 14.0 Å². The summed E-state index contributed by atoms with van der Waals surface area (Å²) in [4.78, 5) is 39.3. The first kappa shape index (κ1) is 22.8. The summed E-state index contributed by atoms with van der Waals surface area (Å²) in [6, 6.07) is 11.5. The minimum atomic E-state index is -0.593. The molecule has 2 saturated heterocycles. The van der Waals surface area contributed by atoms with E-state index in [1.54, 1.807) is 41.6 Å². The Morgan fingerprint density at radius 1 is 0.892 bits per heavy atom. The number of hydrogen-bond donors (Lipinski definition) is 1. The lowest BCUT2D eigenvalue weighted by Gasteiger charge is -2.23. The first-order chi connectivity index (χ1) is 18.0. The van der Waals surface area contributed by atoms with Crippen molar-refractivity contribution in [3.8, 4) is 16.8 Å². The quantitative estimate of drug-likeness (QED) is 0.447. The third-order valence-electron chi connectivity index (χ3n) is 7.04. The van der Waals surface area contributed by atoms with Crippen molar-refractivity contribution in [1.29, 1.82) is 0 Å². The van der Waals surface area contributed by atoms with Crippen LogP contribution in [0.5, 0.6) is 0 Å². The summed E-state index contributed by atoms with van der Waals surface area (Å²) in [6.07, 6.45) is 6.35. The van der Waals surface area contributed by atoms with Gasteiger partial charge in [-0.1, -0.05) is 24.3 Å². The van der Waals surface area contributed by atoms with E-state index in [0.29, 0.717) is 54.5 Å². The smallest absolute Gasteiger partial charge is 0.259 e. The molecule has 0 aliphatic carbocycles. The van der Waals surface area contributed by atoms with Crippen LogP contribution >= 0.6 is 0 Å². The lowest BCUT2D eigenvalue weighted by Crippen LogP contribution is -2.34. The van der Waals surface area contributed by atoms with Crippen LogP contribution in [0.25, 0.3) is 16.8 Å². The highest BCUT2D eigenvalue weighted by Crippen LogP contribution is 2.34. The van der Waals surface area contributed by atoms with Crippen LogP contribution in [0.4, 0.5) is 10.3 Å². The molecule has 4 aromatic rings. The van der Waals surface area contributed by atoms with Crippen molar-refractivity contribution in [3.63, 3.8) is 0 Å². The van der Waals surface area contributed by atoms with Crippen molar-refractivity contribution in [2.45, 2.75) is 0 Å². The molecule has 2 amide bonds. The van der Waals surface area contributed by atoms with Gasteiger partial charge in [-0.25, -0.2) is 14.4 Å². The molecular formula is C26H23FN8O2. The predicted octanol–water partition coefficient (Wildman–Crippen LogP) is 2.17. The van der Waals surface area contributed by atoms with Crippen LogP contribution in [0.1, 0.15) is 20.7 Å². The number of carbonyl (C=O) groups excluding carboxylic acids is 2. The molecule has 2 aliphatic rings. The minimum Gasteiger partial charge on any atom is -0.366 e. The van der Waals surface area contributed by atoms with Gasteiger partial charge in [-0.2, -0.15) is 15.0 Å². The second-order valence-corrected chi connectivity index (χ2v) is 9.27. The van der Waals surface area contributed by atoms with Crippen molar-refractivity contribution in [2.24, 2.45) is 17.6 Å². The Labute approximate surface area is 211 Å². The number of halogens is 1. The summed E-state index contributed by atoms with van der Waals surface area (Å²) >= 11 is 0. The van der Waals surface area contributed by atoms with Gasteiger partial charge in [0.05, 0.1) is 12.4 Å². The van der Waals surface area contributed by atoms with Gasteiger partial charge in [0.2, 0.25) is 11.9 Å². The average molecular weight is 499 g/mol. The van der Waals surface area contributed by atoms with Crippen LogP contribution < -0.4 is 10.6 Å². The average Bonchev–Trinajstić information content (AvgIpc) is 3.65. The van der Waals surface area contributed by atoms with E-state index in [0.717, 1.165) is 0 Å².